The highest BCUT2D eigenvalue weighted by Crippen LogP contribution is 2.21. The summed E-state index contributed by atoms with van der Waals surface area (Å²) in [5.41, 5.74) is 3.77. The summed E-state index contributed by atoms with van der Waals surface area (Å²) in [6.07, 6.45) is 0.565. The molecule has 0 atom stereocenters. The van der Waals surface area contributed by atoms with Crippen LogP contribution < -0.4 is 5.32 Å². The predicted octanol–water partition coefficient (Wildman–Crippen LogP) is 3.74. The van der Waals surface area contributed by atoms with E-state index < -0.39 is 0 Å². The first-order chi connectivity index (χ1) is 8.61. The van der Waals surface area contributed by atoms with Gasteiger partial charge in [0.1, 0.15) is 0 Å². The molecule has 3 nitrogen and oxygen atoms in total. The first-order valence-electron chi connectivity index (χ1n) is 7.06. The number of hydrogen-bond donors (Lipinski definition) is 1. The number of hydrogen-bond acceptors (Lipinski definition) is 1. The Bertz CT molecular complexity index is 450. The van der Waals surface area contributed by atoms with Crippen LogP contribution in [0.3, 0.4) is 0 Å². The molecule has 1 N–H and O–H groups in total. The smallest absolute Gasteiger partial charge is 0.220 e. The standard InChI is InChI=1S/C16H28N2O/c1-11(2)18-12(3)8-14(13(18)4)10-17-15(19)9-16(5,6)7/h8,11H,9-10H2,1-7H3,(H,17,19). The summed E-state index contributed by atoms with van der Waals surface area (Å²) in [5, 5.41) is 3.02. The van der Waals surface area contributed by atoms with Crippen LogP contribution in [-0.4, -0.2) is 10.5 Å². The molecule has 0 aliphatic rings. The Morgan fingerprint density at radius 3 is 2.32 bits per heavy atom. The molecule has 0 spiro atoms. The molecule has 0 aliphatic carbocycles. The zero-order valence-corrected chi connectivity index (χ0v) is 13.4. The molecule has 0 aromatic carbocycles. The average Bonchev–Trinajstić information content (AvgIpc) is 2.48. The Balaban J connectivity index is 2.69. The Hall–Kier alpha value is -1.25. The van der Waals surface area contributed by atoms with Crippen molar-refractivity contribution in [1.29, 1.82) is 0 Å². The fourth-order valence-corrected chi connectivity index (χ4v) is 2.56. The molecule has 19 heavy (non-hydrogen) atoms. The van der Waals surface area contributed by atoms with Gasteiger partial charge in [-0.05, 0) is 44.7 Å². The summed E-state index contributed by atoms with van der Waals surface area (Å²) in [7, 11) is 0. The van der Waals surface area contributed by atoms with Crippen molar-refractivity contribution in [2.75, 3.05) is 0 Å². The Morgan fingerprint density at radius 1 is 1.32 bits per heavy atom. The topological polar surface area (TPSA) is 34.0 Å². The molecule has 0 fully saturated rings. The van der Waals surface area contributed by atoms with E-state index >= 15 is 0 Å². The van der Waals surface area contributed by atoms with Crippen LogP contribution >= 0.6 is 0 Å². The molecule has 1 aromatic rings. The second-order valence-corrected chi connectivity index (χ2v) is 6.87. The van der Waals surface area contributed by atoms with Gasteiger partial charge in [0.15, 0.2) is 0 Å². The first kappa shape index (κ1) is 15.8. The summed E-state index contributed by atoms with van der Waals surface area (Å²) in [5.74, 6) is 0.127. The second-order valence-electron chi connectivity index (χ2n) is 6.87. The van der Waals surface area contributed by atoms with Crippen LogP contribution in [0.2, 0.25) is 0 Å². The van der Waals surface area contributed by atoms with Crippen LogP contribution in [0.15, 0.2) is 6.07 Å². The van der Waals surface area contributed by atoms with Crippen molar-refractivity contribution < 1.29 is 4.79 Å². The molecule has 1 heterocycles. The third kappa shape index (κ3) is 4.41. The van der Waals surface area contributed by atoms with Crippen molar-refractivity contribution in [2.45, 2.75) is 67.5 Å². The number of carbonyl (C=O) groups excluding carboxylic acids is 1. The minimum Gasteiger partial charge on any atom is -0.352 e. The maximum Gasteiger partial charge on any atom is 0.220 e. The summed E-state index contributed by atoms with van der Waals surface area (Å²) in [6.45, 7) is 15.5. The molecule has 0 unspecified atom stereocenters. The highest BCUT2D eigenvalue weighted by atomic mass is 16.1. The fourth-order valence-electron chi connectivity index (χ4n) is 2.56. The van der Waals surface area contributed by atoms with E-state index in [1.807, 2.05) is 0 Å². The van der Waals surface area contributed by atoms with E-state index in [0.29, 0.717) is 19.0 Å². The third-order valence-electron chi connectivity index (χ3n) is 3.27. The molecule has 1 aromatic heterocycles. The molecular formula is C16H28N2O. The van der Waals surface area contributed by atoms with Crippen LogP contribution in [0.5, 0.6) is 0 Å². The lowest BCUT2D eigenvalue weighted by molar-refractivity contribution is -0.122. The highest BCUT2D eigenvalue weighted by Gasteiger charge is 2.17. The van der Waals surface area contributed by atoms with Crippen LogP contribution in [-0.2, 0) is 11.3 Å². The monoisotopic (exact) mass is 264 g/mol. The maximum absolute atomic E-state index is 11.9. The summed E-state index contributed by atoms with van der Waals surface area (Å²) in [6, 6.07) is 2.63. The third-order valence-corrected chi connectivity index (χ3v) is 3.27. The molecule has 0 aliphatic heterocycles. The Labute approximate surface area is 117 Å². The Kier molecular flexibility index (Phi) is 4.83. The minimum absolute atomic E-state index is 0.0406. The maximum atomic E-state index is 11.9. The van der Waals surface area contributed by atoms with E-state index in [-0.39, 0.29) is 11.3 Å². The van der Waals surface area contributed by atoms with Gasteiger partial charge in [-0.1, -0.05) is 20.8 Å². The van der Waals surface area contributed by atoms with Gasteiger partial charge >= 0.3 is 0 Å². The van der Waals surface area contributed by atoms with Crippen LogP contribution in [0.25, 0.3) is 0 Å². The van der Waals surface area contributed by atoms with Crippen LogP contribution in [0.4, 0.5) is 0 Å². The molecule has 1 rings (SSSR count). The molecule has 0 saturated carbocycles. The van der Waals surface area contributed by atoms with E-state index in [9.17, 15) is 4.79 Å². The van der Waals surface area contributed by atoms with Gasteiger partial charge in [0, 0.05) is 30.4 Å². The number of amides is 1. The Morgan fingerprint density at radius 2 is 1.89 bits per heavy atom. The zero-order valence-electron chi connectivity index (χ0n) is 13.4. The molecule has 1 amide bonds. The average molecular weight is 264 g/mol. The lowest BCUT2D eigenvalue weighted by Crippen LogP contribution is -2.27. The minimum atomic E-state index is 0.0406. The molecule has 0 radical (unpaired) electrons. The second kappa shape index (κ2) is 5.81. The lowest BCUT2D eigenvalue weighted by Gasteiger charge is -2.17. The van der Waals surface area contributed by atoms with Crippen molar-refractivity contribution in [1.82, 2.24) is 9.88 Å². The van der Waals surface area contributed by atoms with Crippen molar-refractivity contribution in [3.05, 3.63) is 23.0 Å². The van der Waals surface area contributed by atoms with E-state index in [0.717, 1.165) is 0 Å². The molecule has 3 heteroatoms. The van der Waals surface area contributed by atoms with Gasteiger partial charge in [-0.3, -0.25) is 4.79 Å². The van der Waals surface area contributed by atoms with Gasteiger partial charge in [-0.15, -0.1) is 0 Å². The molecule has 0 bridgehead atoms. The zero-order chi connectivity index (χ0) is 14.8. The quantitative estimate of drug-likeness (QED) is 0.883. The van der Waals surface area contributed by atoms with E-state index in [2.05, 4.69) is 64.4 Å². The van der Waals surface area contributed by atoms with E-state index in [1.165, 1.54) is 17.0 Å². The number of nitrogens with zero attached hydrogens (tertiary/aromatic N) is 1. The van der Waals surface area contributed by atoms with Gasteiger partial charge in [0.05, 0.1) is 0 Å². The van der Waals surface area contributed by atoms with Crippen molar-refractivity contribution >= 4 is 5.91 Å². The van der Waals surface area contributed by atoms with Crippen molar-refractivity contribution in [3.63, 3.8) is 0 Å². The lowest BCUT2D eigenvalue weighted by atomic mass is 9.92. The van der Waals surface area contributed by atoms with Crippen molar-refractivity contribution in [2.24, 2.45) is 5.41 Å². The van der Waals surface area contributed by atoms with Crippen LogP contribution in [0.1, 0.15) is 64.0 Å². The SMILES string of the molecule is Cc1cc(CNC(=O)CC(C)(C)C)c(C)n1C(C)C. The summed E-state index contributed by atoms with van der Waals surface area (Å²) in [4.78, 5) is 11.9. The first-order valence-corrected chi connectivity index (χ1v) is 7.06. The largest absolute Gasteiger partial charge is 0.352 e. The molecular weight excluding hydrogens is 236 g/mol. The number of nitrogens with one attached hydrogen (secondary N) is 1. The summed E-state index contributed by atoms with van der Waals surface area (Å²) < 4.78 is 2.31. The van der Waals surface area contributed by atoms with E-state index in [1.54, 1.807) is 0 Å². The number of aryl methyl sites for hydroxylation is 1. The van der Waals surface area contributed by atoms with Gasteiger partial charge in [0.25, 0.3) is 0 Å². The number of carbonyl (C=O) groups is 1. The molecule has 0 saturated heterocycles. The molecule has 108 valence electrons. The van der Waals surface area contributed by atoms with Crippen molar-refractivity contribution in [3.8, 4) is 0 Å². The van der Waals surface area contributed by atoms with Gasteiger partial charge < -0.3 is 9.88 Å². The van der Waals surface area contributed by atoms with Gasteiger partial charge in [-0.25, -0.2) is 0 Å². The van der Waals surface area contributed by atoms with E-state index in [4.69, 9.17) is 0 Å². The fraction of sp³-hybridized carbons (Fsp3) is 0.688. The normalized spacial score (nSPS) is 12.0. The number of rotatable bonds is 4. The number of aromatic nitrogens is 1. The van der Waals surface area contributed by atoms with Crippen LogP contribution in [0, 0.1) is 19.3 Å². The van der Waals surface area contributed by atoms with Gasteiger partial charge in [0.2, 0.25) is 5.91 Å². The highest BCUT2D eigenvalue weighted by molar-refractivity contribution is 5.76. The summed E-state index contributed by atoms with van der Waals surface area (Å²) >= 11 is 0. The van der Waals surface area contributed by atoms with Gasteiger partial charge in [-0.2, -0.15) is 0 Å². The predicted molar refractivity (Wildman–Crippen MR) is 80.2 cm³/mol.